The topological polar surface area (TPSA) is 42.7 Å². The highest BCUT2D eigenvalue weighted by atomic mass is 15.3. The van der Waals surface area contributed by atoms with E-state index in [9.17, 15) is 0 Å². The molecule has 1 unspecified atom stereocenters. The minimum atomic E-state index is 0.441. The highest BCUT2D eigenvalue weighted by Gasteiger charge is 2.47. The maximum absolute atomic E-state index is 4.31. The fourth-order valence-corrected chi connectivity index (χ4v) is 2.24. The molecule has 15 heavy (non-hydrogen) atoms. The van der Waals surface area contributed by atoms with Crippen molar-refractivity contribution in [2.45, 2.75) is 39.2 Å². The van der Waals surface area contributed by atoms with E-state index in [4.69, 9.17) is 0 Å². The van der Waals surface area contributed by atoms with E-state index in [0.717, 1.165) is 18.8 Å². The number of nitrogens with zero attached hydrogens (tertiary/aromatic N) is 3. The fraction of sp³-hybridized carbons (Fsp3) is 0.818. The molecule has 1 saturated carbocycles. The van der Waals surface area contributed by atoms with Crippen LogP contribution in [0.1, 0.15) is 32.5 Å². The molecule has 1 aromatic heterocycles. The van der Waals surface area contributed by atoms with E-state index in [1.54, 1.807) is 6.33 Å². The molecule has 1 N–H and O–H groups in total. The molecule has 84 valence electrons. The van der Waals surface area contributed by atoms with Crippen LogP contribution in [0.2, 0.25) is 0 Å². The predicted molar refractivity (Wildman–Crippen MR) is 59.5 cm³/mol. The summed E-state index contributed by atoms with van der Waals surface area (Å²) in [4.78, 5) is 4.31. The summed E-state index contributed by atoms with van der Waals surface area (Å²) in [5, 5.41) is 7.64. The lowest BCUT2D eigenvalue weighted by molar-refractivity contribution is 0.345. The summed E-state index contributed by atoms with van der Waals surface area (Å²) in [5.74, 6) is 1.11. The third-order valence-electron chi connectivity index (χ3n) is 3.64. The molecule has 1 fully saturated rings. The Hall–Kier alpha value is -0.900. The van der Waals surface area contributed by atoms with Gasteiger partial charge < -0.3 is 5.32 Å². The number of hydrogen-bond donors (Lipinski definition) is 1. The normalized spacial score (nSPS) is 20.2. The van der Waals surface area contributed by atoms with Gasteiger partial charge in [0.2, 0.25) is 0 Å². The van der Waals surface area contributed by atoms with Crippen LogP contribution in [0.25, 0.3) is 0 Å². The third kappa shape index (κ3) is 2.04. The van der Waals surface area contributed by atoms with Gasteiger partial charge >= 0.3 is 0 Å². The molecule has 0 spiro atoms. The molecule has 0 aromatic carbocycles. The Balaban J connectivity index is 2.02. The molecular formula is C11H20N4. The van der Waals surface area contributed by atoms with Crippen molar-refractivity contribution in [3.05, 3.63) is 12.2 Å². The Bertz CT molecular complexity index is 327. The van der Waals surface area contributed by atoms with E-state index in [1.165, 1.54) is 12.8 Å². The Kier molecular flexibility index (Phi) is 2.78. The average Bonchev–Trinajstić information content (AvgIpc) is 2.88. The van der Waals surface area contributed by atoms with E-state index in [-0.39, 0.29) is 0 Å². The SMILES string of the molecule is CCNC(C)C1(Cc2ncnn2C)CC1. The van der Waals surface area contributed by atoms with Gasteiger partial charge in [0.1, 0.15) is 12.2 Å². The molecule has 0 aliphatic heterocycles. The Labute approximate surface area is 91.1 Å². The zero-order valence-electron chi connectivity index (χ0n) is 9.82. The number of aromatic nitrogens is 3. The maximum Gasteiger partial charge on any atom is 0.138 e. The van der Waals surface area contributed by atoms with Crippen LogP contribution in [0.4, 0.5) is 0 Å². The van der Waals surface area contributed by atoms with Crippen LogP contribution >= 0.6 is 0 Å². The van der Waals surface area contributed by atoms with Crippen LogP contribution in [0.5, 0.6) is 0 Å². The molecule has 1 aliphatic carbocycles. The Morgan fingerprint density at radius 2 is 2.33 bits per heavy atom. The largest absolute Gasteiger partial charge is 0.314 e. The van der Waals surface area contributed by atoms with Gasteiger partial charge in [0.05, 0.1) is 0 Å². The first kappa shape index (κ1) is 10.6. The molecule has 0 bridgehead atoms. The second-order valence-corrected chi connectivity index (χ2v) is 4.62. The van der Waals surface area contributed by atoms with Crippen molar-refractivity contribution in [3.63, 3.8) is 0 Å². The molecule has 1 aliphatic rings. The highest BCUT2D eigenvalue weighted by molar-refractivity contribution is 5.06. The summed E-state index contributed by atoms with van der Waals surface area (Å²) < 4.78 is 1.89. The number of nitrogens with one attached hydrogen (secondary N) is 1. The van der Waals surface area contributed by atoms with Gasteiger partial charge in [0.15, 0.2) is 0 Å². The number of hydrogen-bond acceptors (Lipinski definition) is 3. The van der Waals surface area contributed by atoms with Gasteiger partial charge in [-0.15, -0.1) is 0 Å². The van der Waals surface area contributed by atoms with Crippen LogP contribution in [0, 0.1) is 5.41 Å². The van der Waals surface area contributed by atoms with Crippen LogP contribution < -0.4 is 5.32 Å². The molecule has 4 nitrogen and oxygen atoms in total. The molecule has 1 aromatic rings. The first-order chi connectivity index (χ1) is 7.18. The van der Waals surface area contributed by atoms with E-state index >= 15 is 0 Å². The third-order valence-corrected chi connectivity index (χ3v) is 3.64. The van der Waals surface area contributed by atoms with Crippen LogP contribution in [0.15, 0.2) is 6.33 Å². The standard InChI is InChI=1S/C11H20N4/c1-4-12-9(2)11(5-6-11)7-10-13-8-14-15(10)3/h8-9,12H,4-7H2,1-3H3. The zero-order valence-corrected chi connectivity index (χ0v) is 9.82. The summed E-state index contributed by atoms with van der Waals surface area (Å²) in [5.41, 5.74) is 0.441. The van der Waals surface area contributed by atoms with Gasteiger partial charge in [-0.2, -0.15) is 5.10 Å². The van der Waals surface area contributed by atoms with Gasteiger partial charge in [0, 0.05) is 19.5 Å². The first-order valence-electron chi connectivity index (χ1n) is 5.74. The number of aryl methyl sites for hydroxylation is 1. The lowest BCUT2D eigenvalue weighted by Gasteiger charge is -2.23. The monoisotopic (exact) mass is 208 g/mol. The van der Waals surface area contributed by atoms with Crippen molar-refractivity contribution >= 4 is 0 Å². The Morgan fingerprint density at radius 1 is 1.60 bits per heavy atom. The second-order valence-electron chi connectivity index (χ2n) is 4.62. The van der Waals surface area contributed by atoms with Crippen LogP contribution in [-0.4, -0.2) is 27.4 Å². The molecule has 1 heterocycles. The summed E-state index contributed by atoms with van der Waals surface area (Å²) in [6.45, 7) is 5.49. The maximum atomic E-state index is 4.31. The van der Waals surface area contributed by atoms with Crippen molar-refractivity contribution in [2.24, 2.45) is 12.5 Å². The van der Waals surface area contributed by atoms with Gasteiger partial charge in [0.25, 0.3) is 0 Å². The highest BCUT2D eigenvalue weighted by Crippen LogP contribution is 2.50. The molecule has 4 heteroatoms. The summed E-state index contributed by atoms with van der Waals surface area (Å²) in [6, 6.07) is 0.583. The van der Waals surface area contributed by atoms with Crippen molar-refractivity contribution in [3.8, 4) is 0 Å². The molecular weight excluding hydrogens is 188 g/mol. The van der Waals surface area contributed by atoms with E-state index in [2.05, 4.69) is 29.2 Å². The number of rotatable bonds is 5. The lowest BCUT2D eigenvalue weighted by Crippen LogP contribution is -2.36. The molecule has 2 rings (SSSR count). The van der Waals surface area contributed by atoms with Crippen molar-refractivity contribution < 1.29 is 0 Å². The summed E-state index contributed by atoms with van der Waals surface area (Å²) in [6.07, 6.45) is 5.32. The van der Waals surface area contributed by atoms with Crippen LogP contribution in [-0.2, 0) is 13.5 Å². The quantitative estimate of drug-likeness (QED) is 0.789. The molecule has 0 amide bonds. The molecule has 1 atom stereocenters. The summed E-state index contributed by atoms with van der Waals surface area (Å²) in [7, 11) is 1.97. The van der Waals surface area contributed by atoms with E-state index in [1.807, 2.05) is 11.7 Å². The Morgan fingerprint density at radius 3 is 2.80 bits per heavy atom. The van der Waals surface area contributed by atoms with Crippen molar-refractivity contribution in [1.29, 1.82) is 0 Å². The van der Waals surface area contributed by atoms with Gasteiger partial charge in [-0.3, -0.25) is 4.68 Å². The van der Waals surface area contributed by atoms with Gasteiger partial charge in [-0.25, -0.2) is 4.98 Å². The fourth-order valence-electron chi connectivity index (χ4n) is 2.24. The molecule has 0 saturated heterocycles. The smallest absolute Gasteiger partial charge is 0.138 e. The van der Waals surface area contributed by atoms with Gasteiger partial charge in [-0.1, -0.05) is 6.92 Å². The second kappa shape index (κ2) is 3.93. The zero-order chi connectivity index (χ0) is 10.9. The summed E-state index contributed by atoms with van der Waals surface area (Å²) >= 11 is 0. The average molecular weight is 208 g/mol. The molecule has 0 radical (unpaired) electrons. The van der Waals surface area contributed by atoms with Crippen LogP contribution in [0.3, 0.4) is 0 Å². The van der Waals surface area contributed by atoms with Crippen molar-refractivity contribution in [2.75, 3.05) is 6.54 Å². The van der Waals surface area contributed by atoms with E-state index in [0.29, 0.717) is 11.5 Å². The van der Waals surface area contributed by atoms with Crippen molar-refractivity contribution in [1.82, 2.24) is 20.1 Å². The minimum Gasteiger partial charge on any atom is -0.314 e. The van der Waals surface area contributed by atoms with E-state index < -0.39 is 0 Å². The lowest BCUT2D eigenvalue weighted by atomic mass is 9.93. The first-order valence-corrected chi connectivity index (χ1v) is 5.74. The predicted octanol–water partition coefficient (Wildman–Crippen LogP) is 1.14. The minimum absolute atomic E-state index is 0.441. The van der Waals surface area contributed by atoms with Gasteiger partial charge in [-0.05, 0) is 31.7 Å².